The van der Waals surface area contributed by atoms with Crippen molar-refractivity contribution in [3.05, 3.63) is 150 Å². The Balaban J connectivity index is 1.95. The summed E-state index contributed by atoms with van der Waals surface area (Å²) in [6, 6.07) is 41.2. The normalized spacial score (nSPS) is 11.2. The maximum absolute atomic E-state index is 11.8. The van der Waals surface area contributed by atoms with Crippen molar-refractivity contribution >= 4 is 6.29 Å². The minimum atomic E-state index is -0.691. The maximum atomic E-state index is 11.8. The fourth-order valence-electron chi connectivity index (χ4n) is 4.52. The Morgan fingerprint density at radius 1 is 0.594 bits per heavy atom. The van der Waals surface area contributed by atoms with Crippen LogP contribution in [0.5, 0.6) is 0 Å². The van der Waals surface area contributed by atoms with Crippen LogP contribution in [0, 0.1) is 0 Å². The number of H-pyrrole nitrogens is 1. The molecule has 1 heterocycles. The fourth-order valence-corrected chi connectivity index (χ4v) is 4.52. The van der Waals surface area contributed by atoms with Crippen LogP contribution in [0.3, 0.4) is 0 Å². The second kappa shape index (κ2) is 8.48. The quantitative estimate of drug-likeness (QED) is 0.263. The number of carbonyl (C=O) groups is 1. The molecule has 32 heavy (non-hydrogen) atoms. The SMILES string of the molecule is O=Cc1nc(-c2ccccc2)c(C(c2ccccc2)(c2ccccc2)c2ccccc2)[nH]1. The Morgan fingerprint density at radius 2 is 1.00 bits per heavy atom. The number of hydrogen-bond donors (Lipinski definition) is 1. The van der Waals surface area contributed by atoms with Gasteiger partial charge in [0.15, 0.2) is 12.1 Å². The van der Waals surface area contributed by atoms with Gasteiger partial charge in [-0.25, -0.2) is 4.98 Å². The van der Waals surface area contributed by atoms with Crippen molar-refractivity contribution < 1.29 is 4.79 Å². The summed E-state index contributed by atoms with van der Waals surface area (Å²) in [5.74, 6) is 0.311. The van der Waals surface area contributed by atoms with Gasteiger partial charge in [0.1, 0.15) is 0 Å². The summed E-state index contributed by atoms with van der Waals surface area (Å²) in [6.07, 6.45) is 0.779. The minimum Gasteiger partial charge on any atom is -0.338 e. The zero-order valence-electron chi connectivity index (χ0n) is 17.5. The van der Waals surface area contributed by atoms with E-state index in [0.29, 0.717) is 5.82 Å². The second-order valence-corrected chi connectivity index (χ2v) is 7.68. The summed E-state index contributed by atoms with van der Waals surface area (Å²) >= 11 is 0. The minimum absolute atomic E-state index is 0.311. The van der Waals surface area contributed by atoms with Crippen molar-refractivity contribution in [1.82, 2.24) is 9.97 Å². The van der Waals surface area contributed by atoms with Crippen LogP contribution in [0.25, 0.3) is 11.3 Å². The van der Waals surface area contributed by atoms with E-state index in [9.17, 15) is 4.79 Å². The van der Waals surface area contributed by atoms with E-state index in [1.54, 1.807) is 0 Å². The van der Waals surface area contributed by atoms with E-state index in [1.165, 1.54) is 0 Å². The van der Waals surface area contributed by atoms with Crippen LogP contribution in [-0.2, 0) is 5.41 Å². The molecule has 0 saturated heterocycles. The third-order valence-electron chi connectivity index (χ3n) is 5.88. The van der Waals surface area contributed by atoms with Crippen LogP contribution in [0.4, 0.5) is 0 Å². The molecule has 1 aromatic heterocycles. The highest BCUT2D eigenvalue weighted by Gasteiger charge is 2.42. The van der Waals surface area contributed by atoms with E-state index in [4.69, 9.17) is 4.98 Å². The zero-order valence-corrected chi connectivity index (χ0v) is 17.5. The number of rotatable bonds is 6. The van der Waals surface area contributed by atoms with Crippen LogP contribution in [0.2, 0.25) is 0 Å². The van der Waals surface area contributed by atoms with Crippen LogP contribution < -0.4 is 0 Å². The van der Waals surface area contributed by atoms with E-state index in [2.05, 4.69) is 77.8 Å². The second-order valence-electron chi connectivity index (χ2n) is 7.68. The molecule has 0 atom stereocenters. The van der Waals surface area contributed by atoms with E-state index in [1.807, 2.05) is 48.5 Å². The molecule has 5 aromatic rings. The number of imidazole rings is 1. The fraction of sp³-hybridized carbons (Fsp3) is 0.0345. The summed E-state index contributed by atoms with van der Waals surface area (Å²) in [7, 11) is 0. The third kappa shape index (κ3) is 3.25. The van der Waals surface area contributed by atoms with E-state index in [0.717, 1.165) is 39.9 Å². The summed E-state index contributed by atoms with van der Waals surface area (Å²) in [5, 5.41) is 0. The molecule has 0 aliphatic heterocycles. The Bertz CT molecular complexity index is 1210. The van der Waals surface area contributed by atoms with Crippen LogP contribution in [-0.4, -0.2) is 16.3 Å². The molecule has 0 amide bonds. The standard InChI is InChI=1S/C29H22N2O/c32-21-26-30-27(22-13-5-1-6-14-22)28(31-26)29(23-15-7-2-8-16-23,24-17-9-3-10-18-24)25-19-11-4-12-20-25/h1-21H,(H,30,31). The smallest absolute Gasteiger partial charge is 0.185 e. The average Bonchev–Trinajstić information content (AvgIpc) is 3.32. The number of aromatic nitrogens is 2. The Hall–Kier alpha value is -4.24. The number of aldehydes is 1. The summed E-state index contributed by atoms with van der Waals surface area (Å²) in [6.45, 7) is 0. The number of nitrogens with one attached hydrogen (secondary N) is 1. The molecule has 0 aliphatic rings. The Kier molecular flexibility index (Phi) is 5.22. The Labute approximate surface area is 187 Å². The van der Waals surface area contributed by atoms with E-state index < -0.39 is 5.41 Å². The molecule has 0 fully saturated rings. The van der Waals surface area contributed by atoms with Crippen molar-refractivity contribution in [1.29, 1.82) is 0 Å². The molecule has 5 rings (SSSR count). The molecule has 0 saturated carbocycles. The number of nitrogens with zero attached hydrogens (tertiary/aromatic N) is 1. The Morgan fingerprint density at radius 3 is 1.41 bits per heavy atom. The number of benzene rings is 4. The summed E-state index contributed by atoms with van der Waals surface area (Å²) < 4.78 is 0. The van der Waals surface area contributed by atoms with Gasteiger partial charge < -0.3 is 4.98 Å². The summed E-state index contributed by atoms with van der Waals surface area (Å²) in [5.41, 5.74) is 5.18. The monoisotopic (exact) mass is 414 g/mol. The lowest BCUT2D eigenvalue weighted by Crippen LogP contribution is -2.32. The van der Waals surface area contributed by atoms with Gasteiger partial charge >= 0.3 is 0 Å². The van der Waals surface area contributed by atoms with Crippen molar-refractivity contribution in [3.8, 4) is 11.3 Å². The van der Waals surface area contributed by atoms with Crippen molar-refractivity contribution in [2.24, 2.45) is 0 Å². The van der Waals surface area contributed by atoms with Gasteiger partial charge in [-0.05, 0) is 16.7 Å². The van der Waals surface area contributed by atoms with E-state index >= 15 is 0 Å². The van der Waals surface area contributed by atoms with Gasteiger partial charge in [-0.1, -0.05) is 121 Å². The molecular formula is C29H22N2O. The molecule has 3 heteroatoms. The van der Waals surface area contributed by atoms with Gasteiger partial charge in [0.2, 0.25) is 0 Å². The van der Waals surface area contributed by atoms with Crippen molar-refractivity contribution in [2.45, 2.75) is 5.41 Å². The van der Waals surface area contributed by atoms with Crippen LogP contribution in [0.1, 0.15) is 33.0 Å². The first-order valence-electron chi connectivity index (χ1n) is 10.6. The predicted octanol–water partition coefficient (Wildman–Crippen LogP) is 6.27. The molecule has 0 bridgehead atoms. The highest BCUT2D eigenvalue weighted by molar-refractivity contribution is 5.76. The molecule has 0 radical (unpaired) electrons. The maximum Gasteiger partial charge on any atom is 0.185 e. The zero-order chi connectivity index (χ0) is 21.8. The van der Waals surface area contributed by atoms with E-state index in [-0.39, 0.29) is 0 Å². The molecule has 0 spiro atoms. The largest absolute Gasteiger partial charge is 0.338 e. The van der Waals surface area contributed by atoms with Crippen molar-refractivity contribution in [3.63, 3.8) is 0 Å². The number of aromatic amines is 1. The highest BCUT2D eigenvalue weighted by Crippen LogP contribution is 2.47. The number of hydrogen-bond acceptors (Lipinski definition) is 2. The van der Waals surface area contributed by atoms with Gasteiger partial charge in [-0.2, -0.15) is 0 Å². The number of carbonyl (C=O) groups excluding carboxylic acids is 1. The van der Waals surface area contributed by atoms with Gasteiger partial charge in [0.25, 0.3) is 0 Å². The van der Waals surface area contributed by atoms with Gasteiger partial charge in [0, 0.05) is 5.56 Å². The molecule has 3 nitrogen and oxygen atoms in total. The van der Waals surface area contributed by atoms with Gasteiger partial charge in [0.05, 0.1) is 16.8 Å². The first-order valence-corrected chi connectivity index (χ1v) is 10.6. The molecule has 0 unspecified atom stereocenters. The first kappa shape index (κ1) is 19.7. The summed E-state index contributed by atoms with van der Waals surface area (Å²) in [4.78, 5) is 20.0. The third-order valence-corrected chi connectivity index (χ3v) is 5.88. The van der Waals surface area contributed by atoms with Gasteiger partial charge in [-0.3, -0.25) is 4.79 Å². The molecule has 0 aliphatic carbocycles. The molecule has 1 N–H and O–H groups in total. The van der Waals surface area contributed by atoms with Gasteiger partial charge in [-0.15, -0.1) is 0 Å². The lowest BCUT2D eigenvalue weighted by molar-refractivity contribution is 0.111. The lowest BCUT2D eigenvalue weighted by atomic mass is 9.66. The van der Waals surface area contributed by atoms with Crippen LogP contribution >= 0.6 is 0 Å². The molecule has 154 valence electrons. The molecule has 4 aromatic carbocycles. The highest BCUT2D eigenvalue weighted by atomic mass is 16.1. The van der Waals surface area contributed by atoms with Crippen molar-refractivity contribution in [2.75, 3.05) is 0 Å². The predicted molar refractivity (Wildman–Crippen MR) is 128 cm³/mol. The topological polar surface area (TPSA) is 45.8 Å². The first-order chi connectivity index (χ1) is 15.8. The molecular weight excluding hydrogens is 392 g/mol. The lowest BCUT2D eigenvalue weighted by Gasteiger charge is -2.36. The average molecular weight is 415 g/mol. The van der Waals surface area contributed by atoms with Crippen LogP contribution in [0.15, 0.2) is 121 Å².